The average Bonchev–Trinajstić information content (AvgIpc) is 2.84. The lowest BCUT2D eigenvalue weighted by molar-refractivity contribution is 0.583. The zero-order chi connectivity index (χ0) is 14.1. The second kappa shape index (κ2) is 5.47. The maximum Gasteiger partial charge on any atom is 0.197 e. The molecule has 0 amide bonds. The Morgan fingerprint density at radius 2 is 2.10 bits per heavy atom. The molecule has 0 aliphatic carbocycles. The van der Waals surface area contributed by atoms with Crippen molar-refractivity contribution in [1.29, 1.82) is 0 Å². The zero-order valence-electron chi connectivity index (χ0n) is 12.0. The molecule has 7 heteroatoms. The Hall–Kier alpha value is -1.50. The van der Waals surface area contributed by atoms with E-state index in [0.717, 1.165) is 46.9 Å². The van der Waals surface area contributed by atoms with E-state index < -0.39 is 0 Å². The van der Waals surface area contributed by atoms with Crippen LogP contribution in [0.5, 0.6) is 0 Å². The lowest BCUT2D eigenvalue weighted by atomic mass is 10.2. The van der Waals surface area contributed by atoms with Crippen LogP contribution < -0.4 is 5.73 Å². The highest BCUT2D eigenvalue weighted by molar-refractivity contribution is 7.99. The highest BCUT2D eigenvalue weighted by Gasteiger charge is 2.19. The van der Waals surface area contributed by atoms with Crippen molar-refractivity contribution < 1.29 is 0 Å². The van der Waals surface area contributed by atoms with Crippen LogP contribution in [-0.2, 0) is 19.5 Å². The molecule has 0 saturated heterocycles. The van der Waals surface area contributed by atoms with Crippen LogP contribution in [0.1, 0.15) is 37.7 Å². The van der Waals surface area contributed by atoms with E-state index in [4.69, 9.17) is 5.73 Å². The molecular weight excluding hydrogens is 272 g/mol. The fourth-order valence-corrected chi connectivity index (χ4v) is 3.61. The van der Waals surface area contributed by atoms with E-state index in [0.29, 0.717) is 0 Å². The molecule has 0 atom stereocenters. The molecule has 0 fully saturated rings. The van der Waals surface area contributed by atoms with E-state index in [1.165, 1.54) is 19.3 Å². The average molecular weight is 292 g/mol. The quantitative estimate of drug-likeness (QED) is 0.939. The molecule has 3 heterocycles. The zero-order valence-corrected chi connectivity index (χ0v) is 12.8. The number of aryl methyl sites for hydroxylation is 3. The Labute approximate surface area is 122 Å². The molecule has 2 aromatic heterocycles. The number of aromatic nitrogens is 5. The summed E-state index contributed by atoms with van der Waals surface area (Å²) in [6.07, 6.45) is 4.69. The van der Waals surface area contributed by atoms with Crippen molar-refractivity contribution in [2.24, 2.45) is 0 Å². The van der Waals surface area contributed by atoms with Gasteiger partial charge in [0.2, 0.25) is 0 Å². The van der Waals surface area contributed by atoms with Crippen molar-refractivity contribution in [3.05, 3.63) is 11.5 Å². The smallest absolute Gasteiger partial charge is 0.197 e. The van der Waals surface area contributed by atoms with E-state index in [2.05, 4.69) is 26.8 Å². The fourth-order valence-electron chi connectivity index (χ4n) is 2.52. The number of nitrogen functional groups attached to an aromatic ring is 1. The minimum Gasteiger partial charge on any atom is -0.395 e. The van der Waals surface area contributed by atoms with Crippen LogP contribution in [0.2, 0.25) is 0 Å². The highest BCUT2D eigenvalue weighted by Crippen LogP contribution is 2.33. The van der Waals surface area contributed by atoms with Crippen LogP contribution in [0.25, 0.3) is 0 Å². The fraction of sp³-hybridized carbons (Fsp3) is 0.615. The molecule has 2 N–H and O–H groups in total. The topological polar surface area (TPSA) is 74.6 Å². The van der Waals surface area contributed by atoms with Gasteiger partial charge >= 0.3 is 0 Å². The predicted octanol–water partition coefficient (Wildman–Crippen LogP) is 2.26. The second-order valence-electron chi connectivity index (χ2n) is 5.08. The van der Waals surface area contributed by atoms with Gasteiger partial charge in [-0.1, -0.05) is 6.42 Å². The van der Waals surface area contributed by atoms with Gasteiger partial charge in [-0.3, -0.25) is 4.68 Å². The summed E-state index contributed by atoms with van der Waals surface area (Å²) in [5.74, 6) is 1.10. The van der Waals surface area contributed by atoms with Gasteiger partial charge < -0.3 is 10.3 Å². The third-order valence-corrected chi connectivity index (χ3v) is 4.80. The molecule has 20 heavy (non-hydrogen) atoms. The summed E-state index contributed by atoms with van der Waals surface area (Å²) in [5.41, 5.74) is 7.77. The maximum atomic E-state index is 6.14. The standard InChI is InChI=1S/C13H20N6S/c1-3-19-12(11(14)9(2)17-19)20-13-16-15-10-7-5-4-6-8-18(10)13/h3-8,14H2,1-2H3. The summed E-state index contributed by atoms with van der Waals surface area (Å²) < 4.78 is 4.17. The van der Waals surface area contributed by atoms with Crippen molar-refractivity contribution in [3.8, 4) is 0 Å². The van der Waals surface area contributed by atoms with E-state index in [9.17, 15) is 0 Å². The molecular formula is C13H20N6S. The van der Waals surface area contributed by atoms with Crippen LogP contribution in [0.3, 0.4) is 0 Å². The number of anilines is 1. The molecule has 0 saturated carbocycles. The van der Waals surface area contributed by atoms with Gasteiger partial charge in [-0.25, -0.2) is 0 Å². The lowest BCUT2D eigenvalue weighted by Gasteiger charge is -2.08. The van der Waals surface area contributed by atoms with Gasteiger partial charge in [0.05, 0.1) is 11.4 Å². The van der Waals surface area contributed by atoms with Gasteiger partial charge in [-0.2, -0.15) is 5.10 Å². The summed E-state index contributed by atoms with van der Waals surface area (Å²) in [4.78, 5) is 0. The summed E-state index contributed by atoms with van der Waals surface area (Å²) in [7, 11) is 0. The first-order chi connectivity index (χ1) is 9.70. The molecule has 3 rings (SSSR count). The molecule has 6 nitrogen and oxygen atoms in total. The Morgan fingerprint density at radius 3 is 2.90 bits per heavy atom. The number of fused-ring (bicyclic) bond motifs is 1. The molecule has 1 aliphatic heterocycles. The normalized spacial score (nSPS) is 15.1. The molecule has 1 aliphatic rings. The number of nitrogens with zero attached hydrogens (tertiary/aromatic N) is 5. The van der Waals surface area contributed by atoms with Gasteiger partial charge in [0.25, 0.3) is 0 Å². The SMILES string of the molecule is CCn1nc(C)c(N)c1Sc1nnc2n1CCCCC2. The highest BCUT2D eigenvalue weighted by atomic mass is 32.2. The van der Waals surface area contributed by atoms with Gasteiger partial charge in [0, 0.05) is 19.5 Å². The first-order valence-electron chi connectivity index (χ1n) is 7.13. The van der Waals surface area contributed by atoms with Gasteiger partial charge in [-0.05, 0) is 38.5 Å². The molecule has 2 aromatic rings. The van der Waals surface area contributed by atoms with E-state index in [-0.39, 0.29) is 0 Å². The largest absolute Gasteiger partial charge is 0.395 e. The van der Waals surface area contributed by atoms with E-state index in [1.54, 1.807) is 11.8 Å². The first-order valence-corrected chi connectivity index (χ1v) is 7.95. The molecule has 0 spiro atoms. The minimum atomic E-state index is 0.753. The van der Waals surface area contributed by atoms with Crippen LogP contribution in [0.4, 0.5) is 5.69 Å². The monoisotopic (exact) mass is 292 g/mol. The lowest BCUT2D eigenvalue weighted by Crippen LogP contribution is -2.04. The predicted molar refractivity (Wildman–Crippen MR) is 78.8 cm³/mol. The molecule has 108 valence electrons. The summed E-state index contributed by atoms with van der Waals surface area (Å²) in [6.45, 7) is 5.82. The van der Waals surface area contributed by atoms with Crippen molar-refractivity contribution in [3.63, 3.8) is 0 Å². The van der Waals surface area contributed by atoms with Crippen molar-refractivity contribution in [2.75, 3.05) is 5.73 Å². The minimum absolute atomic E-state index is 0.753. The van der Waals surface area contributed by atoms with E-state index in [1.807, 2.05) is 11.6 Å². The molecule has 0 unspecified atom stereocenters. The third-order valence-electron chi connectivity index (χ3n) is 3.69. The van der Waals surface area contributed by atoms with Gasteiger partial charge in [-0.15, -0.1) is 10.2 Å². The van der Waals surface area contributed by atoms with Crippen LogP contribution >= 0.6 is 11.8 Å². The molecule has 0 bridgehead atoms. The second-order valence-corrected chi connectivity index (χ2v) is 6.04. The van der Waals surface area contributed by atoms with Crippen molar-refractivity contribution in [1.82, 2.24) is 24.5 Å². The number of hydrogen-bond acceptors (Lipinski definition) is 5. The number of hydrogen-bond donors (Lipinski definition) is 1. The summed E-state index contributed by atoms with van der Waals surface area (Å²) in [6, 6.07) is 0. The van der Waals surface area contributed by atoms with Crippen LogP contribution in [0, 0.1) is 6.92 Å². The number of nitrogens with two attached hydrogens (primary N) is 1. The molecule has 0 radical (unpaired) electrons. The van der Waals surface area contributed by atoms with Crippen molar-refractivity contribution >= 4 is 17.4 Å². The Balaban J connectivity index is 1.94. The first kappa shape index (κ1) is 13.5. The summed E-state index contributed by atoms with van der Waals surface area (Å²) >= 11 is 1.58. The van der Waals surface area contributed by atoms with Crippen LogP contribution in [0.15, 0.2) is 10.2 Å². The maximum absolute atomic E-state index is 6.14. The third kappa shape index (κ3) is 2.30. The molecule has 0 aromatic carbocycles. The van der Waals surface area contributed by atoms with Gasteiger partial charge in [0.1, 0.15) is 10.9 Å². The Bertz CT molecular complexity index is 615. The summed E-state index contributed by atoms with van der Waals surface area (Å²) in [5, 5.41) is 15.0. The number of rotatable bonds is 3. The Kier molecular flexibility index (Phi) is 3.69. The van der Waals surface area contributed by atoms with E-state index >= 15 is 0 Å². The Morgan fingerprint density at radius 1 is 1.25 bits per heavy atom. The van der Waals surface area contributed by atoms with Crippen molar-refractivity contribution in [2.45, 2.75) is 62.8 Å². The van der Waals surface area contributed by atoms with Crippen LogP contribution in [-0.4, -0.2) is 24.5 Å². The van der Waals surface area contributed by atoms with Gasteiger partial charge in [0.15, 0.2) is 5.16 Å².